The highest BCUT2D eigenvalue weighted by atomic mass is 16.1. The number of carbonyl (C=O) groups excluding carboxylic acids is 1. The molecule has 0 saturated heterocycles. The van der Waals surface area contributed by atoms with Crippen LogP contribution in [0.4, 0.5) is 0 Å². The van der Waals surface area contributed by atoms with Crippen LogP contribution in [0.3, 0.4) is 0 Å². The highest BCUT2D eigenvalue weighted by Gasteiger charge is 2.15. The molecule has 3 heteroatoms. The van der Waals surface area contributed by atoms with Gasteiger partial charge in [-0.25, -0.2) is 0 Å². The molecule has 3 nitrogen and oxygen atoms in total. The second-order valence-electron chi connectivity index (χ2n) is 5.21. The summed E-state index contributed by atoms with van der Waals surface area (Å²) in [6.45, 7) is 8.92. The Bertz CT molecular complexity index is 171. The lowest BCUT2D eigenvalue weighted by atomic mass is 9.92. The molecule has 0 aliphatic rings. The molecule has 0 aliphatic carbocycles. The molecule has 3 N–H and O–H groups in total. The van der Waals surface area contributed by atoms with Crippen LogP contribution < -0.4 is 11.1 Å². The van der Waals surface area contributed by atoms with Gasteiger partial charge in [0, 0.05) is 19.0 Å². The van der Waals surface area contributed by atoms with E-state index in [1.165, 1.54) is 0 Å². The minimum absolute atomic E-state index is 0.0746. The molecule has 0 aromatic carbocycles. The van der Waals surface area contributed by atoms with Gasteiger partial charge in [-0.1, -0.05) is 20.8 Å². The van der Waals surface area contributed by atoms with Gasteiger partial charge in [0.15, 0.2) is 0 Å². The predicted molar refractivity (Wildman–Crippen MR) is 60.0 cm³/mol. The summed E-state index contributed by atoms with van der Waals surface area (Å²) in [5, 5.41) is 2.90. The van der Waals surface area contributed by atoms with E-state index in [2.05, 4.69) is 26.1 Å². The zero-order valence-electron chi connectivity index (χ0n) is 9.89. The predicted octanol–water partition coefficient (Wildman–Crippen LogP) is 1.67. The second kappa shape index (κ2) is 6.02. The standard InChI is InChI=1S/C11H24N2O/c1-9(12)6-5-7-13-10(14)8-11(2,3)4/h9H,5-8,12H2,1-4H3,(H,13,14). The van der Waals surface area contributed by atoms with Crippen molar-refractivity contribution in [3.05, 3.63) is 0 Å². The molecule has 0 spiro atoms. The fourth-order valence-corrected chi connectivity index (χ4v) is 1.20. The first-order valence-electron chi connectivity index (χ1n) is 5.33. The molecule has 0 aromatic rings. The van der Waals surface area contributed by atoms with Crippen molar-refractivity contribution >= 4 is 5.91 Å². The van der Waals surface area contributed by atoms with Gasteiger partial charge < -0.3 is 11.1 Å². The van der Waals surface area contributed by atoms with E-state index >= 15 is 0 Å². The van der Waals surface area contributed by atoms with Gasteiger partial charge in [-0.05, 0) is 25.2 Å². The van der Waals surface area contributed by atoms with Crippen LogP contribution in [0.25, 0.3) is 0 Å². The van der Waals surface area contributed by atoms with Crippen LogP contribution in [-0.2, 0) is 4.79 Å². The number of nitrogens with one attached hydrogen (secondary N) is 1. The maximum Gasteiger partial charge on any atom is 0.220 e. The lowest BCUT2D eigenvalue weighted by molar-refractivity contribution is -0.122. The maximum absolute atomic E-state index is 11.4. The summed E-state index contributed by atoms with van der Waals surface area (Å²) in [6.07, 6.45) is 2.52. The molecule has 1 unspecified atom stereocenters. The van der Waals surface area contributed by atoms with E-state index in [4.69, 9.17) is 5.73 Å². The zero-order chi connectivity index (χ0) is 11.2. The number of nitrogens with two attached hydrogens (primary N) is 1. The molecule has 0 saturated carbocycles. The van der Waals surface area contributed by atoms with Crippen LogP contribution in [0.5, 0.6) is 0 Å². The highest BCUT2D eigenvalue weighted by molar-refractivity contribution is 5.76. The third-order valence-electron chi connectivity index (χ3n) is 1.85. The van der Waals surface area contributed by atoms with E-state index in [0.29, 0.717) is 6.42 Å². The second-order valence-corrected chi connectivity index (χ2v) is 5.21. The number of hydrogen-bond donors (Lipinski definition) is 2. The van der Waals surface area contributed by atoms with Crippen LogP contribution in [-0.4, -0.2) is 18.5 Å². The van der Waals surface area contributed by atoms with Crippen molar-refractivity contribution in [1.29, 1.82) is 0 Å². The Balaban J connectivity index is 3.46. The van der Waals surface area contributed by atoms with Crippen LogP contribution >= 0.6 is 0 Å². The van der Waals surface area contributed by atoms with Crippen LogP contribution in [0.2, 0.25) is 0 Å². The summed E-state index contributed by atoms with van der Waals surface area (Å²) >= 11 is 0. The summed E-state index contributed by atoms with van der Waals surface area (Å²) in [6, 6.07) is 0.231. The molecule has 14 heavy (non-hydrogen) atoms. The quantitative estimate of drug-likeness (QED) is 0.663. The van der Waals surface area contributed by atoms with Crippen molar-refractivity contribution in [3.8, 4) is 0 Å². The largest absolute Gasteiger partial charge is 0.356 e. The molecule has 0 rings (SSSR count). The Labute approximate surface area is 87.4 Å². The summed E-state index contributed by atoms with van der Waals surface area (Å²) in [5.74, 6) is 0.141. The van der Waals surface area contributed by atoms with Crippen molar-refractivity contribution in [2.24, 2.45) is 11.1 Å². The Morgan fingerprint density at radius 2 is 2.00 bits per heavy atom. The van der Waals surface area contributed by atoms with E-state index in [-0.39, 0.29) is 17.4 Å². The Kier molecular flexibility index (Phi) is 5.77. The summed E-state index contributed by atoms with van der Waals surface area (Å²) in [5.41, 5.74) is 5.67. The molecular formula is C11H24N2O. The molecule has 0 radical (unpaired) electrons. The van der Waals surface area contributed by atoms with Gasteiger partial charge in [-0.2, -0.15) is 0 Å². The zero-order valence-corrected chi connectivity index (χ0v) is 9.89. The first kappa shape index (κ1) is 13.4. The van der Waals surface area contributed by atoms with Gasteiger partial charge in [0.1, 0.15) is 0 Å². The van der Waals surface area contributed by atoms with Crippen LogP contribution in [0.1, 0.15) is 47.0 Å². The molecule has 0 bridgehead atoms. The molecule has 0 fully saturated rings. The van der Waals surface area contributed by atoms with Gasteiger partial charge in [-0.3, -0.25) is 4.79 Å². The van der Waals surface area contributed by atoms with Gasteiger partial charge in [0.25, 0.3) is 0 Å². The van der Waals surface area contributed by atoms with Crippen molar-refractivity contribution in [1.82, 2.24) is 5.32 Å². The molecule has 0 heterocycles. The van der Waals surface area contributed by atoms with Crippen molar-refractivity contribution < 1.29 is 4.79 Å². The topological polar surface area (TPSA) is 55.1 Å². The third kappa shape index (κ3) is 9.52. The minimum Gasteiger partial charge on any atom is -0.356 e. The molecular weight excluding hydrogens is 176 g/mol. The van der Waals surface area contributed by atoms with E-state index in [1.54, 1.807) is 0 Å². The average Bonchev–Trinajstić information content (AvgIpc) is 1.94. The molecule has 1 atom stereocenters. The fraction of sp³-hybridized carbons (Fsp3) is 0.909. The monoisotopic (exact) mass is 200 g/mol. The number of rotatable bonds is 5. The smallest absolute Gasteiger partial charge is 0.220 e. The molecule has 0 aromatic heterocycles. The van der Waals surface area contributed by atoms with Gasteiger partial charge >= 0.3 is 0 Å². The lowest BCUT2D eigenvalue weighted by Gasteiger charge is -2.17. The summed E-state index contributed by atoms with van der Waals surface area (Å²) in [4.78, 5) is 11.4. The Morgan fingerprint density at radius 1 is 1.43 bits per heavy atom. The van der Waals surface area contributed by atoms with Crippen molar-refractivity contribution in [2.75, 3.05) is 6.54 Å². The number of carbonyl (C=O) groups is 1. The minimum atomic E-state index is 0.0746. The Morgan fingerprint density at radius 3 is 2.43 bits per heavy atom. The average molecular weight is 200 g/mol. The van der Waals surface area contributed by atoms with E-state index in [9.17, 15) is 4.79 Å². The highest BCUT2D eigenvalue weighted by Crippen LogP contribution is 2.17. The summed E-state index contributed by atoms with van der Waals surface area (Å²) in [7, 11) is 0. The molecule has 0 aliphatic heterocycles. The van der Waals surface area contributed by atoms with Crippen LogP contribution in [0, 0.1) is 5.41 Å². The summed E-state index contributed by atoms with van der Waals surface area (Å²) < 4.78 is 0. The van der Waals surface area contributed by atoms with Crippen molar-refractivity contribution in [3.63, 3.8) is 0 Å². The first-order valence-corrected chi connectivity index (χ1v) is 5.33. The van der Waals surface area contributed by atoms with Gasteiger partial charge in [0.05, 0.1) is 0 Å². The van der Waals surface area contributed by atoms with Gasteiger partial charge in [-0.15, -0.1) is 0 Å². The number of hydrogen-bond acceptors (Lipinski definition) is 2. The van der Waals surface area contributed by atoms with E-state index in [0.717, 1.165) is 19.4 Å². The van der Waals surface area contributed by atoms with E-state index < -0.39 is 0 Å². The van der Waals surface area contributed by atoms with Gasteiger partial charge in [0.2, 0.25) is 5.91 Å². The first-order chi connectivity index (χ1) is 6.31. The fourth-order valence-electron chi connectivity index (χ4n) is 1.20. The third-order valence-corrected chi connectivity index (χ3v) is 1.85. The molecule has 84 valence electrons. The van der Waals surface area contributed by atoms with E-state index in [1.807, 2.05) is 6.92 Å². The lowest BCUT2D eigenvalue weighted by Crippen LogP contribution is -2.29. The SMILES string of the molecule is CC(N)CCCNC(=O)CC(C)(C)C. The normalized spacial score (nSPS) is 13.8. The van der Waals surface area contributed by atoms with Crippen LogP contribution in [0.15, 0.2) is 0 Å². The van der Waals surface area contributed by atoms with Crippen molar-refractivity contribution in [2.45, 2.75) is 53.0 Å². The number of amides is 1. The Hall–Kier alpha value is -0.570. The maximum atomic E-state index is 11.4. The molecule has 1 amide bonds.